The van der Waals surface area contributed by atoms with Gasteiger partial charge in [0.15, 0.2) is 0 Å². The van der Waals surface area contributed by atoms with Crippen LogP contribution in [0.1, 0.15) is 48.9 Å². The molecule has 1 aliphatic heterocycles. The number of fused-ring (bicyclic) bond motifs is 1. The average molecular weight is 318 g/mol. The molecule has 2 N–H and O–H groups in total. The van der Waals surface area contributed by atoms with E-state index in [-0.39, 0.29) is 17.9 Å². The van der Waals surface area contributed by atoms with Crippen molar-refractivity contribution >= 4 is 5.91 Å². The molecular formula is C17H26N4O2. The van der Waals surface area contributed by atoms with Gasteiger partial charge in [-0.3, -0.25) is 9.59 Å². The second-order valence-electron chi connectivity index (χ2n) is 6.59. The van der Waals surface area contributed by atoms with E-state index in [1.54, 1.807) is 0 Å². The van der Waals surface area contributed by atoms with Gasteiger partial charge in [0.25, 0.3) is 5.56 Å². The molecule has 0 saturated carbocycles. The molecule has 0 atom stereocenters. The van der Waals surface area contributed by atoms with Crippen molar-refractivity contribution in [3.63, 3.8) is 0 Å². The number of aromatic nitrogens is 2. The highest BCUT2D eigenvalue weighted by Crippen LogP contribution is 2.20. The van der Waals surface area contributed by atoms with Crippen molar-refractivity contribution < 1.29 is 4.79 Å². The Morgan fingerprint density at radius 3 is 2.65 bits per heavy atom. The standard InChI is InChI=1S/C17H26N4O2/c22-16(18-8-5-11-21-9-3-4-10-21)12-15-13-6-1-2-7-14(13)17(23)20-19-15/h1-12H2,(H,18,22)(H,20,23). The summed E-state index contributed by atoms with van der Waals surface area (Å²) in [5.41, 5.74) is 2.50. The number of aromatic amines is 1. The molecule has 1 aromatic rings. The van der Waals surface area contributed by atoms with Gasteiger partial charge in [0.05, 0.1) is 12.1 Å². The SMILES string of the molecule is O=C(Cc1n[nH]c(=O)c2c1CCCC2)NCCCN1CCCC1. The van der Waals surface area contributed by atoms with E-state index in [0.29, 0.717) is 6.54 Å². The van der Waals surface area contributed by atoms with Gasteiger partial charge in [0, 0.05) is 12.1 Å². The summed E-state index contributed by atoms with van der Waals surface area (Å²) >= 11 is 0. The lowest BCUT2D eigenvalue weighted by Crippen LogP contribution is -2.31. The van der Waals surface area contributed by atoms with Crippen molar-refractivity contribution in [2.45, 2.75) is 51.4 Å². The predicted octanol–water partition coefficient (Wildman–Crippen LogP) is 0.793. The second kappa shape index (κ2) is 7.73. The first-order chi connectivity index (χ1) is 11.2. The van der Waals surface area contributed by atoms with E-state index in [1.165, 1.54) is 25.9 Å². The van der Waals surface area contributed by atoms with E-state index in [4.69, 9.17) is 0 Å². The maximum Gasteiger partial charge on any atom is 0.267 e. The third kappa shape index (κ3) is 4.19. The topological polar surface area (TPSA) is 78.1 Å². The van der Waals surface area contributed by atoms with Crippen molar-refractivity contribution in [1.82, 2.24) is 20.4 Å². The van der Waals surface area contributed by atoms with Gasteiger partial charge in [0.1, 0.15) is 0 Å². The van der Waals surface area contributed by atoms with E-state index in [9.17, 15) is 9.59 Å². The van der Waals surface area contributed by atoms with Crippen LogP contribution in [0.3, 0.4) is 0 Å². The number of nitrogens with one attached hydrogen (secondary N) is 2. The van der Waals surface area contributed by atoms with Crippen LogP contribution in [-0.4, -0.2) is 47.2 Å². The highest BCUT2D eigenvalue weighted by atomic mass is 16.1. The van der Waals surface area contributed by atoms with E-state index >= 15 is 0 Å². The molecule has 6 nitrogen and oxygen atoms in total. The second-order valence-corrected chi connectivity index (χ2v) is 6.59. The van der Waals surface area contributed by atoms with Crippen LogP contribution in [0.2, 0.25) is 0 Å². The van der Waals surface area contributed by atoms with Crippen molar-refractivity contribution in [1.29, 1.82) is 0 Å². The lowest BCUT2D eigenvalue weighted by molar-refractivity contribution is -0.120. The van der Waals surface area contributed by atoms with Crippen LogP contribution in [0.25, 0.3) is 0 Å². The molecule has 0 radical (unpaired) electrons. The monoisotopic (exact) mass is 318 g/mol. The number of carbonyl (C=O) groups excluding carboxylic acids is 1. The van der Waals surface area contributed by atoms with Crippen LogP contribution in [0.4, 0.5) is 0 Å². The Morgan fingerprint density at radius 2 is 1.87 bits per heavy atom. The van der Waals surface area contributed by atoms with Crippen LogP contribution in [0.15, 0.2) is 4.79 Å². The smallest absolute Gasteiger partial charge is 0.267 e. The van der Waals surface area contributed by atoms with E-state index < -0.39 is 0 Å². The number of rotatable bonds is 6. The Hall–Kier alpha value is -1.69. The van der Waals surface area contributed by atoms with Gasteiger partial charge in [-0.25, -0.2) is 5.10 Å². The average Bonchev–Trinajstić information content (AvgIpc) is 3.08. The van der Waals surface area contributed by atoms with Gasteiger partial charge >= 0.3 is 0 Å². The number of H-pyrrole nitrogens is 1. The third-order valence-electron chi connectivity index (χ3n) is 4.88. The summed E-state index contributed by atoms with van der Waals surface area (Å²) in [5, 5.41) is 9.64. The Kier molecular flexibility index (Phi) is 5.43. The van der Waals surface area contributed by atoms with E-state index in [2.05, 4.69) is 20.4 Å². The minimum atomic E-state index is -0.0885. The minimum absolute atomic E-state index is 0.00116. The Labute approximate surface area is 136 Å². The summed E-state index contributed by atoms with van der Waals surface area (Å²) in [6.45, 7) is 4.16. The molecule has 3 rings (SSSR count). The van der Waals surface area contributed by atoms with Crippen LogP contribution in [0, 0.1) is 0 Å². The summed E-state index contributed by atoms with van der Waals surface area (Å²) in [6.07, 6.45) is 7.64. The predicted molar refractivity (Wildman–Crippen MR) is 88.5 cm³/mol. The number of amides is 1. The fraction of sp³-hybridized carbons (Fsp3) is 0.706. The molecule has 23 heavy (non-hydrogen) atoms. The van der Waals surface area contributed by atoms with Crippen LogP contribution in [-0.2, 0) is 24.1 Å². The zero-order chi connectivity index (χ0) is 16.1. The molecule has 1 saturated heterocycles. The quantitative estimate of drug-likeness (QED) is 0.760. The molecule has 0 bridgehead atoms. The summed E-state index contributed by atoms with van der Waals surface area (Å²) < 4.78 is 0. The molecule has 1 aromatic heterocycles. The Morgan fingerprint density at radius 1 is 1.13 bits per heavy atom. The van der Waals surface area contributed by atoms with Crippen LogP contribution in [0.5, 0.6) is 0 Å². The molecular weight excluding hydrogens is 292 g/mol. The third-order valence-corrected chi connectivity index (χ3v) is 4.88. The number of carbonyl (C=O) groups is 1. The fourth-order valence-electron chi connectivity index (χ4n) is 3.63. The molecule has 1 fully saturated rings. The van der Waals surface area contributed by atoms with Gasteiger partial charge in [-0.1, -0.05) is 0 Å². The van der Waals surface area contributed by atoms with Crippen molar-refractivity contribution in [3.05, 3.63) is 27.2 Å². The molecule has 0 unspecified atom stereocenters. The largest absolute Gasteiger partial charge is 0.356 e. The first kappa shape index (κ1) is 16.2. The van der Waals surface area contributed by atoms with Crippen LogP contribution < -0.4 is 10.9 Å². The molecule has 1 amide bonds. The molecule has 0 spiro atoms. The Balaban J connectivity index is 1.49. The summed E-state index contributed by atoms with van der Waals surface area (Å²) in [7, 11) is 0. The molecule has 126 valence electrons. The fourth-order valence-corrected chi connectivity index (χ4v) is 3.63. The molecule has 1 aliphatic carbocycles. The zero-order valence-electron chi connectivity index (χ0n) is 13.7. The molecule has 2 heterocycles. The number of hydrogen-bond donors (Lipinski definition) is 2. The first-order valence-corrected chi connectivity index (χ1v) is 8.82. The van der Waals surface area contributed by atoms with Gasteiger partial charge < -0.3 is 10.2 Å². The van der Waals surface area contributed by atoms with E-state index in [1.807, 2.05) is 0 Å². The van der Waals surface area contributed by atoms with Crippen molar-refractivity contribution in [3.8, 4) is 0 Å². The van der Waals surface area contributed by atoms with Gasteiger partial charge in [-0.05, 0) is 70.1 Å². The first-order valence-electron chi connectivity index (χ1n) is 8.82. The molecule has 2 aliphatic rings. The maximum atomic E-state index is 12.1. The maximum absolute atomic E-state index is 12.1. The number of nitrogens with zero attached hydrogens (tertiary/aromatic N) is 2. The molecule has 0 aromatic carbocycles. The highest BCUT2D eigenvalue weighted by Gasteiger charge is 2.19. The normalized spacial score (nSPS) is 17.9. The summed E-state index contributed by atoms with van der Waals surface area (Å²) in [5.74, 6) is -0.00116. The lowest BCUT2D eigenvalue weighted by Gasteiger charge is -2.17. The zero-order valence-corrected chi connectivity index (χ0v) is 13.7. The number of likely N-dealkylation sites (tertiary alicyclic amines) is 1. The summed E-state index contributed by atoms with van der Waals surface area (Å²) in [4.78, 5) is 26.4. The van der Waals surface area contributed by atoms with Gasteiger partial charge in [-0.15, -0.1) is 0 Å². The highest BCUT2D eigenvalue weighted by molar-refractivity contribution is 5.78. The lowest BCUT2D eigenvalue weighted by atomic mass is 9.91. The van der Waals surface area contributed by atoms with Gasteiger partial charge in [0.2, 0.25) is 5.91 Å². The minimum Gasteiger partial charge on any atom is -0.356 e. The van der Waals surface area contributed by atoms with E-state index in [0.717, 1.165) is 55.5 Å². The van der Waals surface area contributed by atoms with Crippen molar-refractivity contribution in [2.75, 3.05) is 26.2 Å². The summed E-state index contributed by atoms with van der Waals surface area (Å²) in [6, 6.07) is 0. The number of hydrogen-bond acceptors (Lipinski definition) is 4. The molecule has 6 heteroatoms. The van der Waals surface area contributed by atoms with Crippen molar-refractivity contribution in [2.24, 2.45) is 0 Å². The van der Waals surface area contributed by atoms with Gasteiger partial charge in [-0.2, -0.15) is 5.10 Å². The Bertz CT molecular complexity index is 605. The van der Waals surface area contributed by atoms with Crippen LogP contribution >= 0.6 is 0 Å².